The van der Waals surface area contributed by atoms with E-state index in [1.54, 1.807) is 79.1 Å². The first-order chi connectivity index (χ1) is 18.8. The van der Waals surface area contributed by atoms with E-state index in [1.165, 1.54) is 24.0 Å². The zero-order chi connectivity index (χ0) is 27.5. The molecule has 6 heteroatoms. The summed E-state index contributed by atoms with van der Waals surface area (Å²) >= 11 is 0. The fourth-order valence-electron chi connectivity index (χ4n) is 4.23. The largest absolute Gasteiger partial charge is 0.334 e. The van der Waals surface area contributed by atoms with Crippen LogP contribution in [0.1, 0.15) is 29.8 Å². The van der Waals surface area contributed by atoms with Crippen LogP contribution in [-0.4, -0.2) is 21.2 Å². The van der Waals surface area contributed by atoms with Gasteiger partial charge in [0.1, 0.15) is 5.82 Å². The molecule has 38 heavy (non-hydrogen) atoms. The number of benzene rings is 4. The normalized spacial score (nSPS) is 12.4. The molecule has 1 heterocycles. The van der Waals surface area contributed by atoms with Crippen LogP contribution >= 0.6 is 0 Å². The second-order valence-corrected chi connectivity index (χ2v) is 9.00. The first kappa shape index (κ1) is 23.6. The number of halogens is 1. The molecule has 4 aromatic carbocycles. The van der Waals surface area contributed by atoms with Crippen molar-refractivity contribution in [2.45, 2.75) is 13.4 Å². The summed E-state index contributed by atoms with van der Waals surface area (Å²) in [5.41, 5.74) is 4.75. The number of aromatic nitrogens is 2. The summed E-state index contributed by atoms with van der Waals surface area (Å²) in [7, 11) is 1.91. The van der Waals surface area contributed by atoms with E-state index in [1.807, 2.05) is 29.8 Å². The highest BCUT2D eigenvalue weighted by atomic mass is 19.1. The van der Waals surface area contributed by atoms with Crippen LogP contribution in [0.4, 0.5) is 10.1 Å². The van der Waals surface area contributed by atoms with Crippen LogP contribution in [0.25, 0.3) is 28.2 Å². The number of carbonyl (C=O) groups excluding carboxylic acids is 2. The Bertz CT molecular complexity index is 1710. The van der Waals surface area contributed by atoms with E-state index in [2.05, 4.69) is 4.98 Å². The Balaban J connectivity index is 1.54. The quantitative estimate of drug-likeness (QED) is 0.228. The molecule has 0 aliphatic heterocycles. The third kappa shape index (κ3) is 5.30. The predicted octanol–water partition coefficient (Wildman–Crippen LogP) is 6.83. The van der Waals surface area contributed by atoms with E-state index in [0.29, 0.717) is 22.4 Å². The lowest BCUT2D eigenvalue weighted by Crippen LogP contribution is -2.30. The van der Waals surface area contributed by atoms with Crippen molar-refractivity contribution in [2.24, 2.45) is 7.05 Å². The van der Waals surface area contributed by atoms with Crippen molar-refractivity contribution >= 4 is 34.5 Å². The molecule has 5 rings (SSSR count). The molecule has 0 fully saturated rings. The number of allylic oxidation sites excluding steroid dienone is 1. The van der Waals surface area contributed by atoms with Crippen LogP contribution < -0.4 is 4.90 Å². The highest BCUT2D eigenvalue weighted by Gasteiger charge is 2.20. The number of carbonyl (C=O) groups is 2. The van der Waals surface area contributed by atoms with Crippen molar-refractivity contribution in [1.82, 2.24) is 9.55 Å². The molecule has 5 nitrogen and oxygen atoms in total. The second kappa shape index (κ2) is 10.6. The molecule has 0 bridgehead atoms. The van der Waals surface area contributed by atoms with Gasteiger partial charge in [-0.3, -0.25) is 9.59 Å². The van der Waals surface area contributed by atoms with Crippen LogP contribution in [0.2, 0.25) is 0 Å². The average molecular weight is 505 g/mol. The lowest BCUT2D eigenvalue weighted by Gasteiger charge is -2.24. The summed E-state index contributed by atoms with van der Waals surface area (Å²) in [6, 6.07) is 26.0. The Hall–Kier alpha value is -4.84. The number of hydrogen-bond acceptors (Lipinski definition) is 3. The van der Waals surface area contributed by atoms with Crippen molar-refractivity contribution in [3.05, 3.63) is 126 Å². The Kier molecular flexibility index (Phi) is 6.60. The van der Waals surface area contributed by atoms with Gasteiger partial charge in [0, 0.05) is 23.9 Å². The minimum Gasteiger partial charge on any atom is -0.334 e. The van der Waals surface area contributed by atoms with Crippen molar-refractivity contribution < 1.29 is 15.4 Å². The number of fused-ring (bicyclic) bond motifs is 1. The highest BCUT2D eigenvalue weighted by molar-refractivity contribution is 6.06. The first-order valence-electron chi connectivity index (χ1n) is 12.7. The molecule has 1 atom stereocenters. The van der Waals surface area contributed by atoms with Gasteiger partial charge in [-0.2, -0.15) is 0 Å². The maximum Gasteiger partial charge on any atom is 0.258 e. The number of amides is 1. The van der Waals surface area contributed by atoms with Gasteiger partial charge in [-0.15, -0.1) is 0 Å². The van der Waals surface area contributed by atoms with Crippen LogP contribution in [0, 0.1) is 5.82 Å². The van der Waals surface area contributed by atoms with Crippen molar-refractivity contribution in [2.75, 3.05) is 4.90 Å². The van der Waals surface area contributed by atoms with Crippen molar-refractivity contribution in [3.63, 3.8) is 0 Å². The Labute approximate surface area is 221 Å². The standard InChI is InChI=1S/C32H26FN3O2/c1-22(37)11-12-23-7-6-10-28(17-23)36(32(38)24-8-4-3-5-9-24)20-27-14-13-25(18-29(27)33)26-15-16-31-30(19-26)34-21-35(31)2/h3-19,21H,20H2,1-2H3/b12-11+/i20D. The molecule has 0 aliphatic rings. The molecule has 0 spiro atoms. The molecule has 0 aliphatic carbocycles. The highest BCUT2D eigenvalue weighted by Crippen LogP contribution is 2.28. The smallest absolute Gasteiger partial charge is 0.258 e. The van der Waals surface area contributed by atoms with Crippen LogP contribution in [0.15, 0.2) is 103 Å². The number of rotatable bonds is 7. The molecule has 188 valence electrons. The molecule has 5 aromatic rings. The van der Waals surface area contributed by atoms with Gasteiger partial charge < -0.3 is 9.47 Å². The van der Waals surface area contributed by atoms with E-state index in [-0.39, 0.29) is 11.3 Å². The van der Waals surface area contributed by atoms with Gasteiger partial charge in [0.2, 0.25) is 0 Å². The molecule has 0 N–H and O–H groups in total. The Morgan fingerprint density at radius 1 is 0.974 bits per heavy atom. The van der Waals surface area contributed by atoms with Gasteiger partial charge in [0.15, 0.2) is 5.78 Å². The zero-order valence-corrected chi connectivity index (χ0v) is 21.0. The lowest BCUT2D eigenvalue weighted by atomic mass is 10.0. The van der Waals surface area contributed by atoms with Gasteiger partial charge in [0.05, 0.1) is 25.3 Å². The summed E-state index contributed by atoms with van der Waals surface area (Å²) in [4.78, 5) is 30.7. The number of imidazole rings is 1. The van der Waals surface area contributed by atoms with Crippen molar-refractivity contribution in [3.8, 4) is 11.1 Å². The van der Waals surface area contributed by atoms with E-state index in [9.17, 15) is 9.59 Å². The summed E-state index contributed by atoms with van der Waals surface area (Å²) in [6.07, 6.45) is 4.80. The maximum absolute atomic E-state index is 15.6. The molecule has 0 radical (unpaired) electrons. The number of aryl methyl sites for hydroxylation is 1. The zero-order valence-electron chi connectivity index (χ0n) is 22.0. The monoisotopic (exact) mass is 504 g/mol. The number of nitrogens with zero attached hydrogens (tertiary/aromatic N) is 3. The van der Waals surface area contributed by atoms with Gasteiger partial charge in [0.25, 0.3) is 5.91 Å². The molecule has 1 amide bonds. The molecule has 1 aromatic heterocycles. The third-order valence-electron chi connectivity index (χ3n) is 6.23. The number of anilines is 1. The van der Waals surface area contributed by atoms with Crippen LogP contribution in [0.3, 0.4) is 0 Å². The SMILES string of the molecule is [2H]C(c1ccc(-c2ccc3c(c2)ncn3C)cc1F)N(C(=O)c1ccccc1)c1cccc(/C=C/C(C)=O)c1. The Morgan fingerprint density at radius 3 is 2.50 bits per heavy atom. The third-order valence-corrected chi connectivity index (χ3v) is 6.23. The fraction of sp³-hybridized carbons (Fsp3) is 0.0938. The number of hydrogen-bond donors (Lipinski definition) is 0. The van der Waals surface area contributed by atoms with E-state index in [0.717, 1.165) is 16.6 Å². The summed E-state index contributed by atoms with van der Waals surface area (Å²) in [6.45, 7) is 0.0869. The van der Waals surface area contributed by atoms with Gasteiger partial charge in [-0.1, -0.05) is 54.6 Å². The maximum atomic E-state index is 15.6. The summed E-state index contributed by atoms with van der Waals surface area (Å²) < 4.78 is 26.6. The minimum atomic E-state index is -1.36. The second-order valence-electron chi connectivity index (χ2n) is 9.00. The molecule has 0 saturated carbocycles. The topological polar surface area (TPSA) is 55.2 Å². The van der Waals surface area contributed by atoms with Crippen LogP contribution in [-0.2, 0) is 18.4 Å². The van der Waals surface area contributed by atoms with Gasteiger partial charge >= 0.3 is 0 Å². The molecular weight excluding hydrogens is 477 g/mol. The molecule has 0 saturated heterocycles. The molecule has 1 unspecified atom stereocenters. The fourth-order valence-corrected chi connectivity index (χ4v) is 4.23. The van der Waals surface area contributed by atoms with Crippen LogP contribution in [0.5, 0.6) is 0 Å². The van der Waals surface area contributed by atoms with E-state index >= 15 is 4.39 Å². The van der Waals surface area contributed by atoms with Crippen molar-refractivity contribution in [1.29, 1.82) is 0 Å². The summed E-state index contributed by atoms with van der Waals surface area (Å²) in [5.74, 6) is -1.14. The first-order valence-corrected chi connectivity index (χ1v) is 12.1. The lowest BCUT2D eigenvalue weighted by molar-refractivity contribution is -0.112. The average Bonchev–Trinajstić information content (AvgIpc) is 3.32. The van der Waals surface area contributed by atoms with E-state index in [4.69, 9.17) is 1.37 Å². The van der Waals surface area contributed by atoms with E-state index < -0.39 is 18.2 Å². The minimum absolute atomic E-state index is 0.0617. The molecular formula is C32H26FN3O2. The predicted molar refractivity (Wildman–Crippen MR) is 149 cm³/mol. The number of ketones is 1. The summed E-state index contributed by atoms with van der Waals surface area (Å²) in [5, 5.41) is 0. The van der Waals surface area contributed by atoms with Gasteiger partial charge in [-0.25, -0.2) is 9.37 Å². The van der Waals surface area contributed by atoms with Gasteiger partial charge in [-0.05, 0) is 72.2 Å². The Morgan fingerprint density at radius 2 is 1.74 bits per heavy atom.